The van der Waals surface area contributed by atoms with Crippen molar-refractivity contribution in [3.05, 3.63) is 0 Å². The molecule has 2 aliphatic heterocycles. The number of carbonyl (C=O) groups is 1. The van der Waals surface area contributed by atoms with Crippen molar-refractivity contribution in [2.75, 3.05) is 6.61 Å². The van der Waals surface area contributed by atoms with Crippen LogP contribution >= 0.6 is 0 Å². The van der Waals surface area contributed by atoms with Gasteiger partial charge in [-0.15, -0.1) is 0 Å². The topological polar surface area (TPSA) is 38.3 Å². The second kappa shape index (κ2) is 2.46. The molecule has 2 saturated heterocycles. The predicted octanol–water partition coefficient (Wildman–Crippen LogP) is 0.690. The van der Waals surface area contributed by atoms with Crippen molar-refractivity contribution >= 4 is 5.97 Å². The second-order valence-electron chi connectivity index (χ2n) is 3.90. The summed E-state index contributed by atoms with van der Waals surface area (Å²) in [6.45, 7) is 4.48. The SMILES string of the molecule is CCOC(=O)C12CC(C1)C(C)N2. The Morgan fingerprint density at radius 3 is 2.75 bits per heavy atom. The summed E-state index contributed by atoms with van der Waals surface area (Å²) in [7, 11) is 0. The summed E-state index contributed by atoms with van der Waals surface area (Å²) >= 11 is 0. The van der Waals surface area contributed by atoms with Crippen molar-refractivity contribution in [3.8, 4) is 0 Å². The Labute approximate surface area is 72.5 Å². The molecule has 1 atom stereocenters. The zero-order valence-electron chi connectivity index (χ0n) is 7.59. The van der Waals surface area contributed by atoms with E-state index in [2.05, 4.69) is 12.2 Å². The predicted molar refractivity (Wildman–Crippen MR) is 44.7 cm³/mol. The van der Waals surface area contributed by atoms with Gasteiger partial charge in [-0.2, -0.15) is 0 Å². The summed E-state index contributed by atoms with van der Waals surface area (Å²) in [6, 6.07) is 0.495. The molecule has 0 radical (unpaired) electrons. The molecular formula is C9H15NO2. The normalized spacial score (nSPS) is 43.8. The molecule has 3 aliphatic rings. The van der Waals surface area contributed by atoms with E-state index in [4.69, 9.17) is 4.74 Å². The number of hydrogen-bond donors (Lipinski definition) is 1. The molecule has 2 bridgehead atoms. The summed E-state index contributed by atoms with van der Waals surface area (Å²) in [4.78, 5) is 11.5. The lowest BCUT2D eigenvalue weighted by molar-refractivity contribution is -0.153. The third-order valence-electron chi connectivity index (χ3n) is 3.10. The van der Waals surface area contributed by atoms with Crippen LogP contribution in [-0.4, -0.2) is 24.2 Å². The highest BCUT2D eigenvalue weighted by Crippen LogP contribution is 2.47. The lowest BCUT2D eigenvalue weighted by atomic mass is 9.72. The van der Waals surface area contributed by atoms with E-state index in [9.17, 15) is 4.79 Å². The molecule has 0 amide bonds. The molecule has 3 heteroatoms. The van der Waals surface area contributed by atoms with Crippen LogP contribution in [0, 0.1) is 5.92 Å². The van der Waals surface area contributed by atoms with Crippen LogP contribution in [0.1, 0.15) is 26.7 Å². The number of ether oxygens (including phenoxy) is 1. The molecule has 0 aromatic carbocycles. The van der Waals surface area contributed by atoms with Gasteiger partial charge in [-0.25, -0.2) is 0 Å². The fourth-order valence-electron chi connectivity index (χ4n) is 2.36. The lowest BCUT2D eigenvalue weighted by Gasteiger charge is -2.34. The van der Waals surface area contributed by atoms with E-state index in [0.29, 0.717) is 18.6 Å². The van der Waals surface area contributed by atoms with Gasteiger partial charge in [-0.1, -0.05) is 0 Å². The summed E-state index contributed by atoms with van der Waals surface area (Å²) in [6.07, 6.45) is 1.96. The molecule has 3 fully saturated rings. The van der Waals surface area contributed by atoms with Crippen LogP contribution in [0.15, 0.2) is 0 Å². The highest BCUT2D eigenvalue weighted by atomic mass is 16.5. The van der Waals surface area contributed by atoms with Gasteiger partial charge >= 0.3 is 5.97 Å². The highest BCUT2D eigenvalue weighted by Gasteiger charge is 2.59. The van der Waals surface area contributed by atoms with Crippen LogP contribution < -0.4 is 5.32 Å². The molecule has 0 aromatic heterocycles. The van der Waals surface area contributed by atoms with Crippen molar-refractivity contribution < 1.29 is 9.53 Å². The van der Waals surface area contributed by atoms with E-state index >= 15 is 0 Å². The largest absolute Gasteiger partial charge is 0.465 e. The van der Waals surface area contributed by atoms with E-state index in [1.807, 2.05) is 6.92 Å². The Morgan fingerprint density at radius 2 is 2.33 bits per heavy atom. The maximum atomic E-state index is 11.5. The number of esters is 1. The van der Waals surface area contributed by atoms with Crippen molar-refractivity contribution in [2.45, 2.75) is 38.3 Å². The van der Waals surface area contributed by atoms with Crippen molar-refractivity contribution in [2.24, 2.45) is 5.92 Å². The molecule has 3 nitrogen and oxygen atoms in total. The summed E-state index contributed by atoms with van der Waals surface area (Å²) in [5, 5.41) is 3.31. The van der Waals surface area contributed by atoms with Gasteiger partial charge in [0.15, 0.2) is 0 Å². The number of hydrogen-bond acceptors (Lipinski definition) is 3. The molecule has 12 heavy (non-hydrogen) atoms. The van der Waals surface area contributed by atoms with Crippen molar-refractivity contribution in [1.29, 1.82) is 0 Å². The van der Waals surface area contributed by atoms with E-state index in [1.165, 1.54) is 0 Å². The third-order valence-corrected chi connectivity index (χ3v) is 3.10. The minimum absolute atomic E-state index is 0.0504. The molecule has 0 aromatic rings. The van der Waals surface area contributed by atoms with Gasteiger partial charge in [0.2, 0.25) is 0 Å². The van der Waals surface area contributed by atoms with Gasteiger partial charge in [-0.05, 0) is 32.6 Å². The van der Waals surface area contributed by atoms with E-state index in [0.717, 1.165) is 12.8 Å². The van der Waals surface area contributed by atoms with Gasteiger partial charge in [-0.3, -0.25) is 10.1 Å². The third kappa shape index (κ3) is 0.891. The van der Waals surface area contributed by atoms with E-state index < -0.39 is 0 Å². The second-order valence-corrected chi connectivity index (χ2v) is 3.90. The zero-order valence-corrected chi connectivity index (χ0v) is 7.59. The fourth-order valence-corrected chi connectivity index (χ4v) is 2.36. The van der Waals surface area contributed by atoms with E-state index in [-0.39, 0.29) is 11.5 Å². The first-order valence-electron chi connectivity index (χ1n) is 4.63. The molecule has 1 aliphatic carbocycles. The van der Waals surface area contributed by atoms with Crippen molar-refractivity contribution in [3.63, 3.8) is 0 Å². The summed E-state index contributed by atoms with van der Waals surface area (Å²) < 4.78 is 5.01. The first-order valence-corrected chi connectivity index (χ1v) is 4.63. The van der Waals surface area contributed by atoms with Crippen LogP contribution in [0.2, 0.25) is 0 Å². The molecule has 1 saturated carbocycles. The molecular weight excluding hydrogens is 154 g/mol. The van der Waals surface area contributed by atoms with Crippen LogP contribution in [0.25, 0.3) is 0 Å². The van der Waals surface area contributed by atoms with Gasteiger partial charge in [0, 0.05) is 6.04 Å². The van der Waals surface area contributed by atoms with Crippen LogP contribution in [-0.2, 0) is 9.53 Å². The van der Waals surface area contributed by atoms with Crippen molar-refractivity contribution in [1.82, 2.24) is 5.32 Å². The monoisotopic (exact) mass is 169 g/mol. The van der Waals surface area contributed by atoms with Gasteiger partial charge < -0.3 is 4.74 Å². The maximum absolute atomic E-state index is 11.5. The molecule has 0 spiro atoms. The zero-order chi connectivity index (χ0) is 8.77. The molecule has 68 valence electrons. The first-order chi connectivity index (χ1) is 5.68. The first kappa shape index (κ1) is 8.05. The van der Waals surface area contributed by atoms with Crippen LogP contribution in [0.4, 0.5) is 0 Å². The Hall–Kier alpha value is -0.570. The Balaban J connectivity index is 2.01. The minimum Gasteiger partial charge on any atom is -0.465 e. The Kier molecular flexibility index (Phi) is 1.65. The number of fused-ring (bicyclic) bond motifs is 1. The maximum Gasteiger partial charge on any atom is 0.326 e. The highest BCUT2D eigenvalue weighted by molar-refractivity contribution is 5.83. The standard InChI is InChI=1S/C9H15NO2/c1-3-12-8(11)9-4-7(5-9)6(2)10-9/h6-7,10H,3-5H2,1-2H3. The Bertz CT molecular complexity index is 209. The Morgan fingerprint density at radius 1 is 1.67 bits per heavy atom. The number of rotatable bonds is 2. The molecule has 3 rings (SSSR count). The average Bonchev–Trinajstić information content (AvgIpc) is 2.40. The van der Waals surface area contributed by atoms with Gasteiger partial charge in [0.25, 0.3) is 0 Å². The minimum atomic E-state index is -0.292. The quantitative estimate of drug-likeness (QED) is 0.618. The fraction of sp³-hybridized carbons (Fsp3) is 0.889. The number of carbonyl (C=O) groups excluding carboxylic acids is 1. The van der Waals surface area contributed by atoms with E-state index in [1.54, 1.807) is 0 Å². The molecule has 1 N–H and O–H groups in total. The average molecular weight is 169 g/mol. The molecule has 2 heterocycles. The van der Waals surface area contributed by atoms with Crippen LogP contribution in [0.5, 0.6) is 0 Å². The summed E-state index contributed by atoms with van der Waals surface area (Å²) in [5.74, 6) is 0.653. The number of nitrogens with one attached hydrogen (secondary N) is 1. The van der Waals surface area contributed by atoms with Crippen LogP contribution in [0.3, 0.4) is 0 Å². The molecule has 1 unspecified atom stereocenters. The lowest BCUT2D eigenvalue weighted by Crippen LogP contribution is -2.51. The smallest absolute Gasteiger partial charge is 0.326 e. The summed E-state index contributed by atoms with van der Waals surface area (Å²) in [5.41, 5.74) is -0.292. The van der Waals surface area contributed by atoms with Gasteiger partial charge in [0.1, 0.15) is 5.54 Å². The van der Waals surface area contributed by atoms with Gasteiger partial charge in [0.05, 0.1) is 6.61 Å².